The van der Waals surface area contributed by atoms with Crippen molar-refractivity contribution in [2.45, 2.75) is 59.4 Å². The van der Waals surface area contributed by atoms with Gasteiger partial charge in [0.2, 0.25) is 22.1 Å². The Hall–Kier alpha value is -5.68. The number of hydrogen-bond acceptors (Lipinski definition) is 15. The Labute approximate surface area is 450 Å². The Morgan fingerprint density at radius 3 is 1.58 bits per heavy atom. The smallest absolute Gasteiger partial charge is 0.247 e. The van der Waals surface area contributed by atoms with E-state index in [1.54, 1.807) is 66.4 Å². The molecule has 1 aromatic carbocycles. The van der Waals surface area contributed by atoms with Gasteiger partial charge in [-0.05, 0) is 113 Å². The zero-order valence-electron chi connectivity index (χ0n) is 45.2. The van der Waals surface area contributed by atoms with Crippen molar-refractivity contribution in [1.82, 2.24) is 30.5 Å². The number of hydrogen-bond donors (Lipinski definition) is 2. The van der Waals surface area contributed by atoms with Crippen molar-refractivity contribution in [3.63, 3.8) is 0 Å². The zero-order valence-corrected chi connectivity index (χ0v) is 47.9. The number of benzene rings is 1. The summed E-state index contributed by atoms with van der Waals surface area (Å²) >= 11 is 0. The zero-order chi connectivity index (χ0) is 54.6. The molecule has 0 saturated heterocycles. The molecule has 5 atom stereocenters. The highest BCUT2D eigenvalue weighted by Gasteiger charge is 2.25. The van der Waals surface area contributed by atoms with Gasteiger partial charge in [0.1, 0.15) is 27.8 Å². The second kappa shape index (κ2) is 29.2. The van der Waals surface area contributed by atoms with Gasteiger partial charge in [-0.25, -0.2) is 15.0 Å². The maximum Gasteiger partial charge on any atom is 0.247 e. The maximum absolute atomic E-state index is 13.9. The molecule has 0 bridgehead atoms. The Morgan fingerprint density at radius 1 is 0.592 bits per heavy atom. The third kappa shape index (κ3) is 18.5. The number of allylic oxidation sites excluding steroid dienone is 5. The molecule has 2 N–H and O–H groups in total. The fourth-order valence-electron chi connectivity index (χ4n) is 8.03. The number of pyridine rings is 3. The fraction of sp³-hybridized carbons (Fsp3) is 0.397. The number of nitrogens with one attached hydrogen (secondary N) is 2. The predicted molar refractivity (Wildman–Crippen MR) is 303 cm³/mol. The topological polar surface area (TPSA) is 173 Å². The van der Waals surface area contributed by atoms with Gasteiger partial charge < -0.3 is 38.4 Å². The maximum atomic E-state index is 13.9. The number of methoxy groups -OCH3 is 3. The Balaban J connectivity index is 1.25. The molecule has 0 amide bonds. The summed E-state index contributed by atoms with van der Waals surface area (Å²) in [5.41, 5.74) is 6.75. The quantitative estimate of drug-likeness (QED) is 0.0392. The lowest BCUT2D eigenvalue weighted by Crippen LogP contribution is -2.37. The van der Waals surface area contributed by atoms with E-state index in [0.717, 1.165) is 35.5 Å². The van der Waals surface area contributed by atoms with Crippen LogP contribution in [0.25, 0.3) is 0 Å². The van der Waals surface area contributed by atoms with Crippen molar-refractivity contribution >= 4 is 38.4 Å². The van der Waals surface area contributed by atoms with Gasteiger partial charge in [0, 0.05) is 107 Å². The molecule has 6 rings (SSSR count). The number of nitrogens with zero attached hydrogens (tertiary/aromatic N) is 4. The van der Waals surface area contributed by atoms with E-state index >= 15 is 0 Å². The summed E-state index contributed by atoms with van der Waals surface area (Å²) in [7, 11) is -4.83. The first kappa shape index (κ1) is 59.6. The first-order valence-electron chi connectivity index (χ1n) is 25.4. The molecule has 3 heterocycles. The van der Waals surface area contributed by atoms with Gasteiger partial charge in [0.25, 0.3) is 0 Å². The highest BCUT2D eigenvalue weighted by atomic mass is 31.2. The summed E-state index contributed by atoms with van der Waals surface area (Å²) in [6.45, 7) is 14.3. The van der Waals surface area contributed by atoms with Crippen LogP contribution in [0.4, 0.5) is 0 Å². The minimum atomic E-state index is -3.31. The summed E-state index contributed by atoms with van der Waals surface area (Å²) in [6, 6.07) is 18.5. The molecule has 5 unspecified atom stereocenters. The molecular formula is C58H71N6O9P3. The van der Waals surface area contributed by atoms with Crippen LogP contribution in [0, 0.1) is 41.4 Å². The van der Waals surface area contributed by atoms with Crippen molar-refractivity contribution < 1.29 is 41.5 Å². The molecule has 76 heavy (non-hydrogen) atoms. The Morgan fingerprint density at radius 2 is 1.11 bits per heavy atom. The average molecular weight is 1090 g/mol. The molecule has 0 aliphatic heterocycles. The van der Waals surface area contributed by atoms with Crippen molar-refractivity contribution in [3.05, 3.63) is 148 Å². The molecule has 4 aromatic rings. The largest absolute Gasteiger partial charge is 0.497 e. The highest BCUT2D eigenvalue weighted by molar-refractivity contribution is 7.66. The summed E-state index contributed by atoms with van der Waals surface area (Å²) < 4.78 is 74.7. The predicted octanol–water partition coefficient (Wildman–Crippen LogP) is 8.08. The molecule has 402 valence electrons. The van der Waals surface area contributed by atoms with Crippen molar-refractivity contribution in [2.24, 2.45) is 5.92 Å². The van der Waals surface area contributed by atoms with E-state index in [1.165, 1.54) is 0 Å². The average Bonchev–Trinajstić information content (AvgIpc) is 3.42. The standard InChI is InChI=1S/C58H71N6O9P3/c1-10-71-74(7,65)56-38-47(16-13-44-19-25-53(68-4)26-20-44)35-50(61-56)41-59-31-33-64(43-52-37-49(40-58(63-52)76(9,67)73-12-3)18-15-46-23-29-55(70-6)30-24-46)34-32-60-42-51-36-48(39-57(62-51)75(8,66)72-11-2)17-14-45-21-27-54(69-5)28-22-45/h19-21,23-25,27-30,35-40,45,53,59-60H,10-12,22,26,31-34,41-43H2,1-9H3. The summed E-state index contributed by atoms with van der Waals surface area (Å²) in [5, 5.41) is 7.09. The van der Waals surface area contributed by atoms with E-state index in [-0.39, 0.29) is 31.8 Å². The van der Waals surface area contributed by atoms with E-state index in [1.807, 2.05) is 92.8 Å². The number of aromatic nitrogens is 3. The van der Waals surface area contributed by atoms with Crippen LogP contribution >= 0.6 is 22.1 Å². The molecule has 3 aromatic heterocycles. The third-order valence-electron chi connectivity index (χ3n) is 12.0. The monoisotopic (exact) mass is 1090 g/mol. The fourth-order valence-corrected chi connectivity index (χ4v) is 12.0. The van der Waals surface area contributed by atoms with Crippen LogP contribution in [0.2, 0.25) is 0 Å². The summed E-state index contributed by atoms with van der Waals surface area (Å²) in [4.78, 5) is 16.7. The van der Waals surface area contributed by atoms with Crippen LogP contribution in [0.3, 0.4) is 0 Å². The summed E-state index contributed by atoms with van der Waals surface area (Å²) in [6.07, 6.45) is 13.4. The number of rotatable bonds is 24. The second-order valence-electron chi connectivity index (χ2n) is 18.1. The van der Waals surface area contributed by atoms with Crippen molar-refractivity contribution in [2.75, 3.05) is 87.3 Å². The van der Waals surface area contributed by atoms with Crippen LogP contribution in [0.5, 0.6) is 5.75 Å². The normalized spacial score (nSPS) is 17.3. The first-order valence-corrected chi connectivity index (χ1v) is 31.6. The molecule has 0 spiro atoms. The van der Waals surface area contributed by atoms with Crippen LogP contribution < -0.4 is 31.7 Å². The van der Waals surface area contributed by atoms with Gasteiger partial charge >= 0.3 is 0 Å². The van der Waals surface area contributed by atoms with E-state index < -0.39 is 22.1 Å². The highest BCUT2D eigenvalue weighted by Crippen LogP contribution is 2.42. The molecule has 2 aliphatic carbocycles. The van der Waals surface area contributed by atoms with Gasteiger partial charge in [-0.1, -0.05) is 53.8 Å². The number of ether oxygens (including phenoxy) is 3. The third-order valence-corrected chi connectivity index (χ3v) is 17.5. The van der Waals surface area contributed by atoms with E-state index in [4.69, 9.17) is 42.7 Å². The minimum absolute atomic E-state index is 0.00841. The first-order chi connectivity index (χ1) is 36.5. The Kier molecular flexibility index (Phi) is 22.9. The molecule has 0 fully saturated rings. The second-order valence-corrected chi connectivity index (χ2v) is 25.3. The molecule has 0 saturated carbocycles. The molecule has 0 radical (unpaired) electrons. The molecule has 15 nitrogen and oxygen atoms in total. The van der Waals surface area contributed by atoms with Crippen molar-refractivity contribution in [1.29, 1.82) is 0 Å². The van der Waals surface area contributed by atoms with Crippen molar-refractivity contribution in [3.8, 4) is 41.3 Å². The Bertz CT molecular complexity index is 3120. The lowest BCUT2D eigenvalue weighted by atomic mass is 10.0. The van der Waals surface area contributed by atoms with Gasteiger partial charge in [0.15, 0.2) is 0 Å². The molecule has 18 heteroatoms. The molecule has 2 aliphatic rings. The van der Waals surface area contributed by atoms with Crippen LogP contribution in [0.15, 0.2) is 108 Å². The van der Waals surface area contributed by atoms with Crippen LogP contribution in [-0.2, 0) is 56.4 Å². The van der Waals surface area contributed by atoms with E-state index in [9.17, 15) is 13.7 Å². The summed E-state index contributed by atoms with van der Waals surface area (Å²) in [5.74, 6) is 21.1. The van der Waals surface area contributed by atoms with E-state index in [0.29, 0.717) is 95.9 Å². The van der Waals surface area contributed by atoms with E-state index in [2.05, 4.69) is 51.1 Å². The van der Waals surface area contributed by atoms with Gasteiger partial charge in [-0.15, -0.1) is 0 Å². The van der Waals surface area contributed by atoms with Gasteiger partial charge in [-0.2, -0.15) is 0 Å². The van der Waals surface area contributed by atoms with Gasteiger partial charge in [-0.3, -0.25) is 18.6 Å². The van der Waals surface area contributed by atoms with Gasteiger partial charge in [0.05, 0.1) is 57.2 Å². The lowest BCUT2D eigenvalue weighted by molar-refractivity contribution is 0.142. The van der Waals surface area contributed by atoms with Crippen LogP contribution in [0.1, 0.15) is 72.9 Å². The lowest BCUT2D eigenvalue weighted by Gasteiger charge is -2.23. The van der Waals surface area contributed by atoms with Crippen LogP contribution in [-0.4, -0.2) is 113 Å². The minimum Gasteiger partial charge on any atom is -0.497 e. The molecular weight excluding hydrogens is 1020 g/mol. The SMILES string of the molecule is CCOP(C)(=O)c1cc(C#CC2=CCC(OC)C=C2)cc(CNCCN(CCNCc2cc(C#CC3C=CC(OC)=CC3)cc(P(C)(=O)OCC)n2)Cc2cc(C#Cc3ccc(OC)cc3)cc(P(C)(=O)OCC)n2)n1.